The van der Waals surface area contributed by atoms with Crippen LogP contribution in [0.25, 0.3) is 0 Å². The summed E-state index contributed by atoms with van der Waals surface area (Å²) in [6, 6.07) is 7.90. The van der Waals surface area contributed by atoms with E-state index in [9.17, 15) is 4.79 Å². The first-order valence-corrected chi connectivity index (χ1v) is 7.69. The molecule has 1 aromatic carbocycles. The molecule has 0 unspecified atom stereocenters. The molecule has 5 nitrogen and oxygen atoms in total. The van der Waals surface area contributed by atoms with E-state index in [-0.39, 0.29) is 17.2 Å². The summed E-state index contributed by atoms with van der Waals surface area (Å²) in [5, 5.41) is 0. The van der Waals surface area contributed by atoms with Gasteiger partial charge < -0.3 is 14.2 Å². The number of likely N-dealkylation sites (N-methyl/N-ethyl adjacent to an activating group) is 1. The number of hydrogen-bond acceptors (Lipinski definition) is 3. The molecule has 0 saturated carbocycles. The monoisotopic (exact) mass is 302 g/mol. The maximum atomic E-state index is 12.1. The number of nitrogens with zero attached hydrogens (tertiary/aromatic N) is 2. The fourth-order valence-electron chi connectivity index (χ4n) is 2.71. The van der Waals surface area contributed by atoms with E-state index in [1.54, 1.807) is 9.80 Å². The zero-order valence-corrected chi connectivity index (χ0v) is 13.9. The average Bonchev–Trinajstić information content (AvgIpc) is 2.88. The summed E-state index contributed by atoms with van der Waals surface area (Å²) in [5.41, 5.74) is 1.11. The minimum absolute atomic E-state index is 0.0334. The lowest BCUT2D eigenvalue weighted by molar-refractivity contribution is 0.00578. The lowest BCUT2D eigenvalue weighted by Gasteiger charge is -2.32. The Bertz CT molecular complexity index is 587. The molecule has 0 radical (unpaired) electrons. The second-order valence-electron chi connectivity index (χ2n) is 7.04. The number of rotatable bonds is 2. The summed E-state index contributed by atoms with van der Waals surface area (Å²) in [4.78, 5) is 15.6. The fourth-order valence-corrected chi connectivity index (χ4v) is 2.71. The summed E-state index contributed by atoms with van der Waals surface area (Å²) in [7, 11) is 1.42. The van der Waals surface area contributed by atoms with Crippen molar-refractivity contribution in [2.45, 2.75) is 38.9 Å². The molecule has 6 heteroatoms. The summed E-state index contributed by atoms with van der Waals surface area (Å²) in [6.07, 6.45) is 0. The summed E-state index contributed by atoms with van der Waals surface area (Å²) in [6.45, 7) is 9.61. The first-order valence-electron chi connectivity index (χ1n) is 7.69. The summed E-state index contributed by atoms with van der Waals surface area (Å²) in [5.74, 6) is 0. The van der Waals surface area contributed by atoms with E-state index in [2.05, 4.69) is 0 Å². The van der Waals surface area contributed by atoms with Crippen molar-refractivity contribution in [3.8, 4) is 0 Å². The van der Waals surface area contributed by atoms with Crippen molar-refractivity contribution in [3.63, 3.8) is 0 Å². The third kappa shape index (κ3) is 2.40. The van der Waals surface area contributed by atoms with Crippen LogP contribution in [-0.2, 0) is 9.31 Å². The van der Waals surface area contributed by atoms with Gasteiger partial charge in [-0.1, -0.05) is 12.1 Å². The molecule has 2 heterocycles. The molecule has 0 aromatic heterocycles. The highest BCUT2D eigenvalue weighted by Crippen LogP contribution is 2.36. The zero-order valence-electron chi connectivity index (χ0n) is 13.9. The molecule has 2 aliphatic heterocycles. The molecule has 0 aliphatic carbocycles. The molecule has 2 aliphatic rings. The van der Waals surface area contributed by atoms with Gasteiger partial charge in [0.2, 0.25) is 0 Å². The summed E-state index contributed by atoms with van der Waals surface area (Å²) < 4.78 is 12.2. The number of carbonyl (C=O) groups is 1. The van der Waals surface area contributed by atoms with E-state index < -0.39 is 7.12 Å². The number of carbonyl (C=O) groups excluding carboxylic acids is 1. The van der Waals surface area contributed by atoms with E-state index in [1.807, 2.05) is 59.0 Å². The van der Waals surface area contributed by atoms with Crippen LogP contribution in [0, 0.1) is 0 Å². The van der Waals surface area contributed by atoms with Crippen molar-refractivity contribution < 1.29 is 14.1 Å². The topological polar surface area (TPSA) is 42.0 Å². The van der Waals surface area contributed by atoms with Crippen LogP contribution < -0.4 is 10.4 Å². The van der Waals surface area contributed by atoms with Gasteiger partial charge in [-0.25, -0.2) is 4.79 Å². The molecule has 2 fully saturated rings. The number of amides is 2. The normalized spacial score (nSPS) is 23.5. The number of benzene rings is 1. The molecular formula is C16H23BN2O3. The smallest absolute Gasteiger partial charge is 0.399 e. The molecule has 0 N–H and O–H groups in total. The third-order valence-corrected chi connectivity index (χ3v) is 4.92. The van der Waals surface area contributed by atoms with Gasteiger partial charge in [-0.2, -0.15) is 0 Å². The molecule has 0 atom stereocenters. The van der Waals surface area contributed by atoms with Crippen molar-refractivity contribution in [2.75, 3.05) is 25.0 Å². The van der Waals surface area contributed by atoms with Gasteiger partial charge in [-0.05, 0) is 45.3 Å². The molecule has 1 aromatic rings. The van der Waals surface area contributed by atoms with Gasteiger partial charge in [0.1, 0.15) is 0 Å². The van der Waals surface area contributed by atoms with Crippen LogP contribution in [0.5, 0.6) is 0 Å². The molecule has 118 valence electrons. The van der Waals surface area contributed by atoms with Crippen LogP contribution in [-0.4, -0.2) is 49.4 Å². The standard InChI is InChI=1S/C16H23BN2O3/c1-15(2)16(3,4)22-17(21-15)12-7-6-8-13(11-12)19-10-9-18(5)14(19)20/h6-8,11H,9-10H2,1-5H3. The van der Waals surface area contributed by atoms with E-state index >= 15 is 0 Å². The van der Waals surface area contributed by atoms with Crippen LogP contribution in [0.1, 0.15) is 27.7 Å². The lowest BCUT2D eigenvalue weighted by atomic mass is 9.79. The van der Waals surface area contributed by atoms with Gasteiger partial charge in [0.15, 0.2) is 0 Å². The zero-order chi connectivity index (χ0) is 16.1. The van der Waals surface area contributed by atoms with Crippen molar-refractivity contribution in [1.82, 2.24) is 4.90 Å². The summed E-state index contributed by atoms with van der Waals surface area (Å²) >= 11 is 0. The van der Waals surface area contributed by atoms with Crippen molar-refractivity contribution in [3.05, 3.63) is 24.3 Å². The van der Waals surface area contributed by atoms with Crippen LogP contribution in [0.4, 0.5) is 10.5 Å². The Labute approximate surface area is 132 Å². The maximum Gasteiger partial charge on any atom is 0.494 e. The SMILES string of the molecule is CN1CCN(c2cccc(B3OC(C)(C)C(C)(C)O3)c2)C1=O. The molecule has 2 amide bonds. The first kappa shape index (κ1) is 15.4. The highest BCUT2D eigenvalue weighted by atomic mass is 16.7. The highest BCUT2D eigenvalue weighted by molar-refractivity contribution is 6.62. The van der Waals surface area contributed by atoms with Crippen LogP contribution in [0.2, 0.25) is 0 Å². The van der Waals surface area contributed by atoms with Crippen molar-refractivity contribution in [1.29, 1.82) is 0 Å². The van der Waals surface area contributed by atoms with Crippen LogP contribution >= 0.6 is 0 Å². The minimum Gasteiger partial charge on any atom is -0.399 e. The third-order valence-electron chi connectivity index (χ3n) is 4.92. The van der Waals surface area contributed by atoms with Gasteiger partial charge in [-0.15, -0.1) is 0 Å². The first-order chi connectivity index (χ1) is 10.2. The van der Waals surface area contributed by atoms with E-state index in [4.69, 9.17) is 9.31 Å². The predicted molar refractivity (Wildman–Crippen MR) is 87.5 cm³/mol. The lowest BCUT2D eigenvalue weighted by Crippen LogP contribution is -2.41. The molecule has 0 bridgehead atoms. The number of urea groups is 1. The average molecular weight is 302 g/mol. The van der Waals surface area contributed by atoms with E-state index in [0.29, 0.717) is 6.54 Å². The molecule has 22 heavy (non-hydrogen) atoms. The van der Waals surface area contributed by atoms with Gasteiger partial charge in [-0.3, -0.25) is 4.90 Å². The molecular weight excluding hydrogens is 279 g/mol. The van der Waals surface area contributed by atoms with Gasteiger partial charge in [0.25, 0.3) is 0 Å². The Morgan fingerprint density at radius 3 is 2.27 bits per heavy atom. The quantitative estimate of drug-likeness (QED) is 0.783. The Morgan fingerprint density at radius 2 is 1.73 bits per heavy atom. The van der Waals surface area contributed by atoms with Gasteiger partial charge in [0.05, 0.1) is 11.2 Å². The highest BCUT2D eigenvalue weighted by Gasteiger charge is 2.51. The Hall–Kier alpha value is -1.53. The maximum absolute atomic E-state index is 12.1. The minimum atomic E-state index is -0.402. The fraction of sp³-hybridized carbons (Fsp3) is 0.562. The number of anilines is 1. The largest absolute Gasteiger partial charge is 0.494 e. The Morgan fingerprint density at radius 1 is 1.09 bits per heavy atom. The molecule has 2 saturated heterocycles. The molecule has 3 rings (SSSR count). The molecule has 0 spiro atoms. The van der Waals surface area contributed by atoms with E-state index in [0.717, 1.165) is 17.7 Å². The van der Waals surface area contributed by atoms with Crippen LogP contribution in [0.15, 0.2) is 24.3 Å². The van der Waals surface area contributed by atoms with Crippen LogP contribution in [0.3, 0.4) is 0 Å². The Kier molecular flexibility index (Phi) is 3.49. The van der Waals surface area contributed by atoms with E-state index in [1.165, 1.54) is 0 Å². The Balaban J connectivity index is 1.86. The van der Waals surface area contributed by atoms with Crippen molar-refractivity contribution in [2.24, 2.45) is 0 Å². The second-order valence-corrected chi connectivity index (χ2v) is 7.04. The van der Waals surface area contributed by atoms with Gasteiger partial charge in [0, 0.05) is 25.8 Å². The van der Waals surface area contributed by atoms with Crippen molar-refractivity contribution >= 4 is 24.3 Å². The predicted octanol–water partition coefficient (Wildman–Crippen LogP) is 1.86. The second kappa shape index (κ2) is 5.00. The number of hydrogen-bond donors (Lipinski definition) is 0. The van der Waals surface area contributed by atoms with Gasteiger partial charge >= 0.3 is 13.1 Å².